The molecule has 0 aliphatic carbocycles. The highest BCUT2D eigenvalue weighted by Crippen LogP contribution is 2.37. The lowest BCUT2D eigenvalue weighted by molar-refractivity contribution is -0.137. The van der Waals surface area contributed by atoms with Crippen molar-refractivity contribution >= 4 is 29.1 Å². The maximum Gasteiger partial charge on any atom is 0.417 e. The van der Waals surface area contributed by atoms with Crippen molar-refractivity contribution in [3.63, 3.8) is 0 Å². The number of carbonyl (C=O) groups excluding carboxylic acids is 1. The van der Waals surface area contributed by atoms with E-state index in [0.717, 1.165) is 6.07 Å². The molecule has 1 aliphatic rings. The van der Waals surface area contributed by atoms with E-state index in [4.69, 9.17) is 0 Å². The monoisotopic (exact) mass is 363 g/mol. The molecule has 1 N–H and O–H groups in total. The molecule has 0 radical (unpaired) electrons. The third kappa shape index (κ3) is 4.08. The number of amidine groups is 1. The van der Waals surface area contributed by atoms with Gasteiger partial charge in [0.1, 0.15) is 0 Å². The summed E-state index contributed by atoms with van der Waals surface area (Å²) in [6.07, 6.45) is -3.08. The van der Waals surface area contributed by atoms with Crippen LogP contribution in [0.15, 0.2) is 58.7 Å². The highest BCUT2D eigenvalue weighted by Gasteiger charge is 2.33. The predicted molar refractivity (Wildman–Crippen MR) is 92.5 cm³/mol. The molecule has 25 heavy (non-hydrogen) atoms. The van der Waals surface area contributed by atoms with E-state index in [0.29, 0.717) is 16.3 Å². The van der Waals surface area contributed by atoms with Gasteiger partial charge in [-0.25, -0.2) is 0 Å². The quantitative estimate of drug-likeness (QED) is 0.664. The average Bonchev–Trinajstić information content (AvgIpc) is 3.00. The first kappa shape index (κ1) is 17.2. The molecule has 4 nitrogen and oxygen atoms in total. The lowest BCUT2D eigenvalue weighted by Gasteiger charge is -2.14. The van der Waals surface area contributed by atoms with E-state index in [9.17, 15) is 18.0 Å². The van der Waals surface area contributed by atoms with Crippen LogP contribution in [-0.4, -0.2) is 23.0 Å². The molecule has 3 rings (SSSR count). The molecule has 0 bridgehead atoms. The fourth-order valence-electron chi connectivity index (χ4n) is 2.34. The summed E-state index contributed by atoms with van der Waals surface area (Å²) in [6.45, 7) is 0. The Morgan fingerprint density at radius 1 is 1.04 bits per heavy atom. The van der Waals surface area contributed by atoms with Crippen LogP contribution in [0.1, 0.15) is 11.1 Å². The van der Waals surface area contributed by atoms with Gasteiger partial charge in [-0.05, 0) is 17.2 Å². The van der Waals surface area contributed by atoms with E-state index in [1.54, 1.807) is 30.3 Å². The molecule has 0 aromatic heterocycles. The summed E-state index contributed by atoms with van der Waals surface area (Å²) in [6, 6.07) is 12.0. The molecule has 8 heteroatoms. The zero-order valence-electron chi connectivity index (χ0n) is 12.7. The van der Waals surface area contributed by atoms with E-state index in [-0.39, 0.29) is 17.2 Å². The SMILES string of the molecule is O=C1CSC(=NN=Cc2ccccc2-c2ccccc2C(F)(F)F)N1. The van der Waals surface area contributed by atoms with Gasteiger partial charge in [-0.3, -0.25) is 4.79 Å². The standard InChI is InChI=1S/C17H12F3N3OS/c18-17(19,20)14-8-4-3-7-13(14)12-6-2-1-5-11(12)9-21-23-16-22-15(24)10-25-16/h1-9H,10H2,(H,22,23,24). The molecular weight excluding hydrogens is 351 g/mol. The Labute approximate surface area is 145 Å². The van der Waals surface area contributed by atoms with Crippen molar-refractivity contribution in [2.24, 2.45) is 10.2 Å². The number of thioether (sulfide) groups is 1. The molecule has 1 heterocycles. The molecule has 0 saturated carbocycles. The van der Waals surface area contributed by atoms with Gasteiger partial charge in [-0.2, -0.15) is 18.3 Å². The van der Waals surface area contributed by atoms with Crippen LogP contribution >= 0.6 is 11.8 Å². The number of amides is 1. The maximum atomic E-state index is 13.3. The molecule has 0 unspecified atom stereocenters. The van der Waals surface area contributed by atoms with Crippen LogP contribution in [0, 0.1) is 0 Å². The Kier molecular flexibility index (Phi) is 4.89. The molecule has 2 aromatic rings. The minimum atomic E-state index is -4.45. The zero-order valence-corrected chi connectivity index (χ0v) is 13.6. The number of halogens is 3. The molecule has 1 aliphatic heterocycles. The number of rotatable bonds is 3. The van der Waals surface area contributed by atoms with Crippen LogP contribution in [0.4, 0.5) is 13.2 Å². The largest absolute Gasteiger partial charge is 0.417 e. The Hall–Kier alpha value is -2.61. The smallest absolute Gasteiger partial charge is 0.303 e. The van der Waals surface area contributed by atoms with E-state index in [1.807, 2.05) is 0 Å². The Morgan fingerprint density at radius 2 is 1.72 bits per heavy atom. The molecule has 0 spiro atoms. The Morgan fingerprint density at radius 3 is 2.40 bits per heavy atom. The van der Waals surface area contributed by atoms with Crippen LogP contribution in [0.25, 0.3) is 11.1 Å². The van der Waals surface area contributed by atoms with Gasteiger partial charge in [0, 0.05) is 5.56 Å². The first-order valence-corrected chi connectivity index (χ1v) is 8.23. The van der Waals surface area contributed by atoms with E-state index in [2.05, 4.69) is 15.5 Å². The number of benzene rings is 2. The normalized spacial score (nSPS) is 16.6. The van der Waals surface area contributed by atoms with Crippen LogP contribution in [-0.2, 0) is 11.0 Å². The van der Waals surface area contributed by atoms with Gasteiger partial charge in [0.05, 0.1) is 17.5 Å². The molecule has 1 fully saturated rings. The second-order valence-electron chi connectivity index (χ2n) is 5.12. The number of hydrogen-bond acceptors (Lipinski definition) is 4. The van der Waals surface area contributed by atoms with Gasteiger partial charge in [0.25, 0.3) is 0 Å². The summed E-state index contributed by atoms with van der Waals surface area (Å²) in [7, 11) is 0. The first-order chi connectivity index (χ1) is 11.9. The van der Waals surface area contributed by atoms with Crippen molar-refractivity contribution in [1.29, 1.82) is 0 Å². The van der Waals surface area contributed by atoms with E-state index >= 15 is 0 Å². The van der Waals surface area contributed by atoms with Gasteiger partial charge in [0.15, 0.2) is 5.17 Å². The Bertz CT molecular complexity index is 862. The first-order valence-electron chi connectivity index (χ1n) is 7.24. The van der Waals surface area contributed by atoms with Crippen LogP contribution in [0.2, 0.25) is 0 Å². The Balaban J connectivity index is 1.96. The van der Waals surface area contributed by atoms with E-state index < -0.39 is 11.7 Å². The highest BCUT2D eigenvalue weighted by atomic mass is 32.2. The summed E-state index contributed by atoms with van der Waals surface area (Å²) >= 11 is 1.22. The number of carbonyl (C=O) groups is 1. The predicted octanol–water partition coefficient (Wildman–Crippen LogP) is 3.93. The minimum Gasteiger partial charge on any atom is -0.303 e. The van der Waals surface area contributed by atoms with Crippen LogP contribution in [0.3, 0.4) is 0 Å². The second-order valence-corrected chi connectivity index (χ2v) is 6.08. The molecule has 128 valence electrons. The van der Waals surface area contributed by atoms with Gasteiger partial charge in [-0.15, -0.1) is 5.10 Å². The summed E-state index contributed by atoms with van der Waals surface area (Å²) in [5, 5.41) is 10.6. The lowest BCUT2D eigenvalue weighted by Crippen LogP contribution is -2.19. The summed E-state index contributed by atoms with van der Waals surface area (Å²) in [5.74, 6) is 0.127. The van der Waals surface area contributed by atoms with Crippen molar-refractivity contribution in [3.05, 3.63) is 59.7 Å². The number of nitrogens with zero attached hydrogens (tertiary/aromatic N) is 2. The summed E-state index contributed by atoms with van der Waals surface area (Å²) < 4.78 is 39.8. The maximum absolute atomic E-state index is 13.3. The molecule has 2 aromatic carbocycles. The molecule has 1 saturated heterocycles. The molecule has 1 amide bonds. The fraction of sp³-hybridized carbons (Fsp3) is 0.118. The number of alkyl halides is 3. The fourth-order valence-corrected chi connectivity index (χ4v) is 2.97. The van der Waals surface area contributed by atoms with E-state index in [1.165, 1.54) is 30.1 Å². The molecular formula is C17H12F3N3OS. The average molecular weight is 363 g/mol. The van der Waals surface area contributed by atoms with Crippen LogP contribution in [0.5, 0.6) is 0 Å². The van der Waals surface area contributed by atoms with Gasteiger partial charge in [-0.1, -0.05) is 54.2 Å². The van der Waals surface area contributed by atoms with Crippen molar-refractivity contribution in [2.75, 3.05) is 5.75 Å². The zero-order chi connectivity index (χ0) is 17.9. The lowest BCUT2D eigenvalue weighted by atomic mass is 9.95. The summed E-state index contributed by atoms with van der Waals surface area (Å²) in [4.78, 5) is 11.1. The topological polar surface area (TPSA) is 53.8 Å². The number of nitrogens with one attached hydrogen (secondary N) is 1. The van der Waals surface area contributed by atoms with Gasteiger partial charge < -0.3 is 5.32 Å². The summed E-state index contributed by atoms with van der Waals surface area (Å²) in [5.41, 5.74) is 0.273. The van der Waals surface area contributed by atoms with Crippen molar-refractivity contribution in [2.45, 2.75) is 6.18 Å². The minimum absolute atomic E-state index is 0.0771. The number of hydrogen-bond donors (Lipinski definition) is 1. The molecule has 0 atom stereocenters. The third-order valence-corrected chi connectivity index (χ3v) is 4.28. The van der Waals surface area contributed by atoms with Gasteiger partial charge >= 0.3 is 6.18 Å². The van der Waals surface area contributed by atoms with Gasteiger partial charge in [0.2, 0.25) is 5.91 Å². The van der Waals surface area contributed by atoms with Crippen molar-refractivity contribution in [3.8, 4) is 11.1 Å². The highest BCUT2D eigenvalue weighted by molar-refractivity contribution is 8.15. The van der Waals surface area contributed by atoms with Crippen molar-refractivity contribution in [1.82, 2.24) is 5.32 Å². The third-order valence-electron chi connectivity index (χ3n) is 3.42. The van der Waals surface area contributed by atoms with Crippen molar-refractivity contribution < 1.29 is 18.0 Å². The second kappa shape index (κ2) is 7.10. The van der Waals surface area contributed by atoms with Crippen LogP contribution < -0.4 is 5.32 Å².